The summed E-state index contributed by atoms with van der Waals surface area (Å²) >= 11 is 0. The van der Waals surface area contributed by atoms with Crippen molar-refractivity contribution in [2.45, 2.75) is 44.8 Å². The Hall–Kier alpha value is -3.50. The SMILES string of the molecule is COC(=O)C(NCCN)C1CCC(Oc2cc3c(Nc4cccc(C)c4F)ncnc3cc2OC)CC1. The number of nitrogens with one attached hydrogen (secondary N) is 2. The number of carbonyl (C=O) groups is 1. The average molecular weight is 512 g/mol. The van der Waals surface area contributed by atoms with Crippen LogP contribution in [-0.4, -0.2) is 55.4 Å². The van der Waals surface area contributed by atoms with Crippen molar-refractivity contribution < 1.29 is 23.4 Å². The van der Waals surface area contributed by atoms with Gasteiger partial charge in [0.1, 0.15) is 24.0 Å². The minimum absolute atomic E-state index is 0.0503. The topological polar surface area (TPSA) is 121 Å². The molecule has 1 aliphatic rings. The first-order chi connectivity index (χ1) is 17.9. The average Bonchev–Trinajstić information content (AvgIpc) is 2.92. The molecule has 1 atom stereocenters. The molecule has 9 nitrogen and oxygen atoms in total. The Kier molecular flexibility index (Phi) is 8.73. The van der Waals surface area contributed by atoms with E-state index in [0.717, 1.165) is 25.7 Å². The zero-order valence-electron chi connectivity index (χ0n) is 21.4. The van der Waals surface area contributed by atoms with E-state index in [1.807, 2.05) is 6.07 Å². The second-order valence-electron chi connectivity index (χ2n) is 9.20. The van der Waals surface area contributed by atoms with E-state index in [0.29, 0.717) is 52.6 Å². The summed E-state index contributed by atoms with van der Waals surface area (Å²) < 4.78 is 31.6. The summed E-state index contributed by atoms with van der Waals surface area (Å²) in [6, 6.07) is 8.41. The summed E-state index contributed by atoms with van der Waals surface area (Å²) in [6.07, 6.45) is 4.53. The van der Waals surface area contributed by atoms with Crippen LogP contribution in [0, 0.1) is 18.7 Å². The number of aryl methyl sites for hydroxylation is 1. The monoisotopic (exact) mass is 511 g/mol. The Balaban J connectivity index is 1.53. The number of carbonyl (C=O) groups excluding carboxylic acids is 1. The third kappa shape index (κ3) is 6.08. The fraction of sp³-hybridized carbons (Fsp3) is 0.444. The van der Waals surface area contributed by atoms with Crippen molar-refractivity contribution in [2.75, 3.05) is 32.6 Å². The molecular weight excluding hydrogens is 477 g/mol. The smallest absolute Gasteiger partial charge is 0.323 e. The lowest BCUT2D eigenvalue weighted by molar-refractivity contribution is -0.145. The molecule has 1 unspecified atom stereocenters. The molecular formula is C27H34FN5O4. The van der Waals surface area contributed by atoms with Crippen LogP contribution in [0.2, 0.25) is 0 Å². The predicted molar refractivity (Wildman–Crippen MR) is 140 cm³/mol. The van der Waals surface area contributed by atoms with Crippen molar-refractivity contribution in [3.05, 3.63) is 48.0 Å². The molecule has 3 aromatic rings. The number of rotatable bonds is 10. The largest absolute Gasteiger partial charge is 0.493 e. The van der Waals surface area contributed by atoms with Gasteiger partial charge in [-0.05, 0) is 56.2 Å². The first-order valence-corrected chi connectivity index (χ1v) is 12.5. The van der Waals surface area contributed by atoms with Crippen LogP contribution in [0.15, 0.2) is 36.7 Å². The van der Waals surface area contributed by atoms with Crippen molar-refractivity contribution in [1.29, 1.82) is 0 Å². The molecule has 4 rings (SSSR count). The van der Waals surface area contributed by atoms with E-state index in [4.69, 9.17) is 19.9 Å². The number of benzene rings is 2. The number of fused-ring (bicyclic) bond motifs is 1. The van der Waals surface area contributed by atoms with Gasteiger partial charge in [0.25, 0.3) is 0 Å². The van der Waals surface area contributed by atoms with Crippen LogP contribution >= 0.6 is 0 Å². The van der Waals surface area contributed by atoms with E-state index in [2.05, 4.69) is 20.6 Å². The highest BCUT2D eigenvalue weighted by Gasteiger charge is 2.33. The van der Waals surface area contributed by atoms with Crippen LogP contribution < -0.4 is 25.8 Å². The Bertz CT molecular complexity index is 1230. The second kappa shape index (κ2) is 12.2. The number of nitrogens with zero attached hydrogens (tertiary/aromatic N) is 2. The first kappa shape index (κ1) is 26.6. The Morgan fingerprint density at radius 1 is 1.16 bits per heavy atom. The number of anilines is 2. The first-order valence-electron chi connectivity index (χ1n) is 12.5. The number of hydrogen-bond acceptors (Lipinski definition) is 9. The number of ether oxygens (including phenoxy) is 3. The molecule has 0 spiro atoms. The highest BCUT2D eigenvalue weighted by molar-refractivity contribution is 5.93. The number of methoxy groups -OCH3 is 2. The molecule has 2 aromatic carbocycles. The molecule has 0 amide bonds. The highest BCUT2D eigenvalue weighted by atomic mass is 19.1. The summed E-state index contributed by atoms with van der Waals surface area (Å²) in [5.41, 5.74) is 7.13. The summed E-state index contributed by atoms with van der Waals surface area (Å²) in [7, 11) is 2.98. The van der Waals surface area contributed by atoms with Gasteiger partial charge in [-0.3, -0.25) is 4.79 Å². The highest BCUT2D eigenvalue weighted by Crippen LogP contribution is 2.38. The van der Waals surface area contributed by atoms with Gasteiger partial charge in [0.05, 0.1) is 31.5 Å². The maximum atomic E-state index is 14.6. The molecule has 0 aliphatic heterocycles. The van der Waals surface area contributed by atoms with Gasteiger partial charge in [0, 0.05) is 24.5 Å². The molecule has 1 fully saturated rings. The standard InChI is InChI=1S/C27H34FN5O4/c1-16-5-4-6-20(24(16)28)33-26-19-13-23(22(35-2)14-21(19)31-15-32-26)37-18-9-7-17(8-10-18)25(27(34)36-3)30-12-11-29/h4-6,13-15,17-18,25,30H,7-12,29H2,1-3H3,(H,31,32,33). The Labute approximate surface area is 215 Å². The minimum atomic E-state index is -0.377. The van der Waals surface area contributed by atoms with Crippen LogP contribution in [0.25, 0.3) is 10.9 Å². The molecule has 0 bridgehead atoms. The van der Waals surface area contributed by atoms with Crippen molar-refractivity contribution in [3.63, 3.8) is 0 Å². The zero-order valence-corrected chi connectivity index (χ0v) is 21.4. The normalized spacial score (nSPS) is 18.3. The maximum absolute atomic E-state index is 14.6. The van der Waals surface area contributed by atoms with Gasteiger partial charge in [0.15, 0.2) is 11.5 Å². The van der Waals surface area contributed by atoms with Crippen LogP contribution in [0.1, 0.15) is 31.2 Å². The summed E-state index contributed by atoms with van der Waals surface area (Å²) in [5.74, 6) is 1.13. The van der Waals surface area contributed by atoms with E-state index in [1.54, 1.807) is 38.3 Å². The van der Waals surface area contributed by atoms with E-state index >= 15 is 0 Å². The zero-order chi connectivity index (χ0) is 26.4. The molecule has 1 saturated carbocycles. The molecule has 10 heteroatoms. The van der Waals surface area contributed by atoms with Crippen molar-refractivity contribution >= 4 is 28.4 Å². The number of halogens is 1. The third-order valence-corrected chi connectivity index (χ3v) is 6.81. The minimum Gasteiger partial charge on any atom is -0.493 e. The Morgan fingerprint density at radius 2 is 1.95 bits per heavy atom. The molecule has 0 radical (unpaired) electrons. The van der Waals surface area contributed by atoms with Crippen LogP contribution in [0.3, 0.4) is 0 Å². The molecule has 1 aliphatic carbocycles. The van der Waals surface area contributed by atoms with E-state index in [-0.39, 0.29) is 29.9 Å². The van der Waals surface area contributed by atoms with Gasteiger partial charge < -0.3 is 30.6 Å². The lowest BCUT2D eigenvalue weighted by atomic mass is 9.82. The van der Waals surface area contributed by atoms with E-state index in [1.165, 1.54) is 13.4 Å². The number of aromatic nitrogens is 2. The van der Waals surface area contributed by atoms with Crippen molar-refractivity contribution in [3.8, 4) is 11.5 Å². The van der Waals surface area contributed by atoms with Gasteiger partial charge in [-0.1, -0.05) is 12.1 Å². The Morgan fingerprint density at radius 3 is 2.65 bits per heavy atom. The second-order valence-corrected chi connectivity index (χ2v) is 9.20. The van der Waals surface area contributed by atoms with Crippen LogP contribution in [0.5, 0.6) is 11.5 Å². The van der Waals surface area contributed by atoms with Gasteiger partial charge >= 0.3 is 5.97 Å². The lowest BCUT2D eigenvalue weighted by Crippen LogP contribution is -2.47. The fourth-order valence-electron chi connectivity index (χ4n) is 4.81. The summed E-state index contributed by atoms with van der Waals surface area (Å²) in [4.78, 5) is 21.0. The third-order valence-electron chi connectivity index (χ3n) is 6.81. The summed E-state index contributed by atoms with van der Waals surface area (Å²) in [5, 5.41) is 7.00. The number of hydrogen-bond donors (Lipinski definition) is 3. The molecule has 0 saturated heterocycles. The van der Waals surface area contributed by atoms with Crippen molar-refractivity contribution in [2.24, 2.45) is 11.7 Å². The van der Waals surface area contributed by atoms with Crippen molar-refractivity contribution in [1.82, 2.24) is 15.3 Å². The van der Waals surface area contributed by atoms with E-state index in [9.17, 15) is 9.18 Å². The predicted octanol–water partition coefficient (Wildman–Crippen LogP) is 3.86. The van der Waals surface area contributed by atoms with Crippen LogP contribution in [0.4, 0.5) is 15.9 Å². The van der Waals surface area contributed by atoms with Gasteiger partial charge in [0.2, 0.25) is 0 Å². The number of esters is 1. The van der Waals surface area contributed by atoms with Gasteiger partial charge in [-0.25, -0.2) is 14.4 Å². The summed E-state index contributed by atoms with van der Waals surface area (Å²) in [6.45, 7) is 2.71. The lowest BCUT2D eigenvalue weighted by Gasteiger charge is -2.33. The maximum Gasteiger partial charge on any atom is 0.323 e. The fourth-order valence-corrected chi connectivity index (χ4v) is 4.81. The molecule has 1 aromatic heterocycles. The van der Waals surface area contributed by atoms with Gasteiger partial charge in [-0.15, -0.1) is 0 Å². The van der Waals surface area contributed by atoms with E-state index < -0.39 is 0 Å². The number of nitrogens with two attached hydrogens (primary N) is 1. The molecule has 37 heavy (non-hydrogen) atoms. The van der Waals surface area contributed by atoms with Crippen LogP contribution in [-0.2, 0) is 9.53 Å². The molecule has 1 heterocycles. The molecule has 4 N–H and O–H groups in total. The molecule has 198 valence electrons. The van der Waals surface area contributed by atoms with Gasteiger partial charge in [-0.2, -0.15) is 0 Å². The quantitative estimate of drug-likeness (QED) is 0.349.